The molecule has 2 N–H and O–H groups in total. The van der Waals surface area contributed by atoms with E-state index >= 15 is 0 Å². The van der Waals surface area contributed by atoms with Crippen molar-refractivity contribution in [3.05, 3.63) is 77.6 Å². The molecule has 7 heteroatoms. The van der Waals surface area contributed by atoms with Gasteiger partial charge in [-0.15, -0.1) is 24.0 Å². The number of rotatable bonds is 7. The van der Waals surface area contributed by atoms with Crippen LogP contribution in [0.25, 0.3) is 5.69 Å². The third-order valence-electron chi connectivity index (χ3n) is 4.52. The minimum absolute atomic E-state index is 0. The van der Waals surface area contributed by atoms with Gasteiger partial charge < -0.3 is 15.4 Å². The predicted octanol–water partition coefficient (Wildman–Crippen LogP) is 3.72. The lowest BCUT2D eigenvalue weighted by atomic mass is 10.1. The van der Waals surface area contributed by atoms with Crippen LogP contribution in [0, 0.1) is 6.92 Å². The van der Waals surface area contributed by atoms with Crippen LogP contribution >= 0.6 is 24.0 Å². The first-order chi connectivity index (χ1) is 13.7. The molecule has 0 unspecified atom stereocenters. The summed E-state index contributed by atoms with van der Waals surface area (Å²) in [5, 5.41) is 10.9. The Morgan fingerprint density at radius 1 is 1.14 bits per heavy atom. The van der Waals surface area contributed by atoms with Crippen LogP contribution in [-0.4, -0.2) is 36.4 Å². The maximum atomic E-state index is 5.46. The molecule has 154 valence electrons. The smallest absolute Gasteiger partial charge is 0.191 e. The van der Waals surface area contributed by atoms with Crippen LogP contribution in [0.3, 0.4) is 0 Å². The molecule has 29 heavy (non-hydrogen) atoms. The number of aromatic nitrogens is 2. The number of nitrogens with one attached hydrogen (secondary N) is 2. The fourth-order valence-corrected chi connectivity index (χ4v) is 2.96. The normalized spacial score (nSPS) is 10.9. The van der Waals surface area contributed by atoms with Crippen LogP contribution in [0.5, 0.6) is 5.75 Å². The molecular weight excluding hydrogens is 477 g/mol. The number of nitrogens with zero attached hydrogens (tertiary/aromatic N) is 3. The van der Waals surface area contributed by atoms with E-state index in [1.54, 1.807) is 20.4 Å². The largest absolute Gasteiger partial charge is 0.496 e. The van der Waals surface area contributed by atoms with Crippen LogP contribution in [0.1, 0.15) is 16.7 Å². The highest BCUT2D eigenvalue weighted by atomic mass is 127. The van der Waals surface area contributed by atoms with Crippen LogP contribution in [0.15, 0.2) is 65.9 Å². The molecular formula is C22H28IN5O. The van der Waals surface area contributed by atoms with Crippen molar-refractivity contribution in [2.75, 3.05) is 20.7 Å². The van der Waals surface area contributed by atoms with E-state index in [9.17, 15) is 0 Å². The topological polar surface area (TPSA) is 63.5 Å². The average Bonchev–Trinajstić information content (AvgIpc) is 3.26. The van der Waals surface area contributed by atoms with Crippen molar-refractivity contribution in [1.29, 1.82) is 0 Å². The summed E-state index contributed by atoms with van der Waals surface area (Å²) < 4.78 is 7.32. The van der Waals surface area contributed by atoms with Gasteiger partial charge >= 0.3 is 0 Å². The second-order valence-corrected chi connectivity index (χ2v) is 6.53. The maximum Gasteiger partial charge on any atom is 0.191 e. The number of benzene rings is 2. The number of ether oxygens (including phenoxy) is 1. The highest BCUT2D eigenvalue weighted by Gasteiger charge is 2.05. The lowest BCUT2D eigenvalue weighted by Gasteiger charge is -2.14. The van der Waals surface area contributed by atoms with Crippen LogP contribution in [0.2, 0.25) is 0 Å². The van der Waals surface area contributed by atoms with Gasteiger partial charge in [0.05, 0.1) is 12.8 Å². The zero-order valence-electron chi connectivity index (χ0n) is 17.1. The third kappa shape index (κ3) is 6.49. The molecule has 1 aromatic heterocycles. The van der Waals surface area contributed by atoms with Crippen molar-refractivity contribution in [3.63, 3.8) is 0 Å². The zero-order valence-corrected chi connectivity index (χ0v) is 19.4. The molecule has 1 heterocycles. The molecule has 0 radical (unpaired) electrons. The molecule has 0 saturated heterocycles. The summed E-state index contributed by atoms with van der Waals surface area (Å²) in [5.74, 6) is 1.66. The summed E-state index contributed by atoms with van der Waals surface area (Å²) in [4.78, 5) is 4.30. The van der Waals surface area contributed by atoms with E-state index in [-0.39, 0.29) is 24.0 Å². The number of guanidine groups is 1. The number of methoxy groups -OCH3 is 1. The molecule has 3 rings (SSSR count). The Morgan fingerprint density at radius 3 is 2.59 bits per heavy atom. The van der Waals surface area contributed by atoms with Crippen LogP contribution in [-0.2, 0) is 13.0 Å². The molecule has 0 amide bonds. The van der Waals surface area contributed by atoms with Crippen molar-refractivity contribution in [3.8, 4) is 11.4 Å². The van der Waals surface area contributed by atoms with Crippen LogP contribution < -0.4 is 15.4 Å². The Hall–Kier alpha value is -2.55. The molecule has 0 saturated carbocycles. The lowest BCUT2D eigenvalue weighted by molar-refractivity contribution is 0.408. The molecule has 0 aliphatic rings. The molecule has 0 aliphatic carbocycles. The number of aryl methyl sites for hydroxylation is 1. The first-order valence-electron chi connectivity index (χ1n) is 9.36. The summed E-state index contributed by atoms with van der Waals surface area (Å²) in [6.07, 6.45) is 4.63. The standard InChI is InChI=1S/C22H27N5O.HI/c1-17-5-8-19(21(15-17)28-3)16-25-22(23-2)24-13-11-18-6-9-20(10-7-18)27-14-4-12-26-27;/h4-10,12,14-15H,11,13,16H2,1-3H3,(H2,23,24,25);1H. The molecule has 2 aromatic carbocycles. The summed E-state index contributed by atoms with van der Waals surface area (Å²) in [7, 11) is 3.48. The predicted molar refractivity (Wildman–Crippen MR) is 129 cm³/mol. The minimum Gasteiger partial charge on any atom is -0.496 e. The van der Waals surface area contributed by atoms with Crippen molar-refractivity contribution in [1.82, 2.24) is 20.4 Å². The monoisotopic (exact) mass is 505 g/mol. The van der Waals surface area contributed by atoms with Crippen LogP contribution in [0.4, 0.5) is 0 Å². The second kappa shape index (κ2) is 11.5. The highest BCUT2D eigenvalue weighted by Crippen LogP contribution is 2.19. The van der Waals surface area contributed by atoms with Gasteiger partial charge in [0.25, 0.3) is 0 Å². The number of aliphatic imine (C=N–C) groups is 1. The van der Waals surface area contributed by atoms with Gasteiger partial charge in [0.15, 0.2) is 5.96 Å². The van der Waals surface area contributed by atoms with Gasteiger partial charge in [-0.05, 0) is 48.7 Å². The molecule has 0 atom stereocenters. The summed E-state index contributed by atoms with van der Waals surface area (Å²) in [5.41, 5.74) is 4.61. The van der Waals surface area contributed by atoms with Crippen molar-refractivity contribution in [2.45, 2.75) is 19.9 Å². The van der Waals surface area contributed by atoms with E-state index in [1.807, 2.05) is 23.0 Å². The molecule has 0 spiro atoms. The second-order valence-electron chi connectivity index (χ2n) is 6.53. The van der Waals surface area contributed by atoms with Gasteiger partial charge in [0.2, 0.25) is 0 Å². The van der Waals surface area contributed by atoms with Gasteiger partial charge in [-0.1, -0.05) is 24.3 Å². The Balaban J connectivity index is 0.00000300. The zero-order chi connectivity index (χ0) is 19.8. The summed E-state index contributed by atoms with van der Waals surface area (Å²) >= 11 is 0. The van der Waals surface area contributed by atoms with Gasteiger partial charge in [0, 0.05) is 38.1 Å². The first kappa shape index (κ1) is 22.7. The Morgan fingerprint density at radius 2 is 1.93 bits per heavy atom. The fourth-order valence-electron chi connectivity index (χ4n) is 2.96. The van der Waals surface area contributed by atoms with Gasteiger partial charge in [-0.3, -0.25) is 4.99 Å². The van der Waals surface area contributed by atoms with Gasteiger partial charge in [-0.25, -0.2) is 4.68 Å². The van der Waals surface area contributed by atoms with Crippen molar-refractivity contribution in [2.24, 2.45) is 4.99 Å². The van der Waals surface area contributed by atoms with E-state index in [0.717, 1.165) is 35.9 Å². The molecule has 3 aromatic rings. The molecule has 6 nitrogen and oxygen atoms in total. The molecule has 0 fully saturated rings. The Kier molecular flexibility index (Phi) is 8.98. The average molecular weight is 505 g/mol. The molecule has 0 bridgehead atoms. The first-order valence-corrected chi connectivity index (χ1v) is 9.36. The van der Waals surface area contributed by atoms with E-state index in [1.165, 1.54) is 11.1 Å². The van der Waals surface area contributed by atoms with Crippen molar-refractivity contribution < 1.29 is 4.74 Å². The van der Waals surface area contributed by atoms with Crippen molar-refractivity contribution >= 4 is 29.9 Å². The quantitative estimate of drug-likeness (QED) is 0.292. The lowest BCUT2D eigenvalue weighted by Crippen LogP contribution is -2.37. The number of hydrogen-bond donors (Lipinski definition) is 2. The highest BCUT2D eigenvalue weighted by molar-refractivity contribution is 14.0. The third-order valence-corrected chi connectivity index (χ3v) is 4.52. The van der Waals surface area contributed by atoms with E-state index in [0.29, 0.717) is 6.54 Å². The maximum absolute atomic E-state index is 5.46. The Labute approximate surface area is 189 Å². The number of hydrogen-bond acceptors (Lipinski definition) is 3. The summed E-state index contributed by atoms with van der Waals surface area (Å²) in [6, 6.07) is 16.6. The number of halogens is 1. The van der Waals surface area contributed by atoms with E-state index < -0.39 is 0 Å². The van der Waals surface area contributed by atoms with E-state index in [2.05, 4.69) is 64.0 Å². The fraction of sp³-hybridized carbons (Fsp3) is 0.273. The van der Waals surface area contributed by atoms with E-state index in [4.69, 9.17) is 4.74 Å². The minimum atomic E-state index is 0. The summed E-state index contributed by atoms with van der Waals surface area (Å²) in [6.45, 7) is 3.51. The molecule has 0 aliphatic heterocycles. The Bertz CT molecular complexity index is 907. The van der Waals surface area contributed by atoms with Gasteiger partial charge in [0.1, 0.15) is 5.75 Å². The van der Waals surface area contributed by atoms with Gasteiger partial charge in [-0.2, -0.15) is 5.10 Å². The SMILES string of the molecule is CN=C(NCCc1ccc(-n2cccn2)cc1)NCc1ccc(C)cc1OC.I.